The number of rotatable bonds is 8. The highest BCUT2D eigenvalue weighted by atomic mass is 32.2. The molecule has 0 aliphatic rings. The van der Waals surface area contributed by atoms with Crippen LogP contribution in [0.15, 0.2) is 47.4 Å². The van der Waals surface area contributed by atoms with Crippen molar-refractivity contribution in [2.45, 2.75) is 31.7 Å². The number of hydrogen-bond acceptors (Lipinski definition) is 5. The van der Waals surface area contributed by atoms with E-state index in [1.807, 2.05) is 0 Å². The summed E-state index contributed by atoms with van der Waals surface area (Å²) in [6, 6.07) is 10.9. The lowest BCUT2D eigenvalue weighted by molar-refractivity contribution is 0.102. The van der Waals surface area contributed by atoms with Gasteiger partial charge in [0.2, 0.25) is 10.0 Å². The number of anilines is 1. The fourth-order valence-corrected chi connectivity index (χ4v) is 3.81. The van der Waals surface area contributed by atoms with Crippen LogP contribution in [0.2, 0.25) is 0 Å². The Labute approximate surface area is 159 Å². The molecule has 0 atom stereocenters. The Morgan fingerprint density at radius 1 is 1.11 bits per heavy atom. The van der Waals surface area contributed by atoms with E-state index < -0.39 is 15.9 Å². The lowest BCUT2D eigenvalue weighted by Crippen LogP contribution is -2.30. The van der Waals surface area contributed by atoms with Gasteiger partial charge in [0.1, 0.15) is 16.4 Å². The third-order valence-electron chi connectivity index (χ3n) is 3.53. The molecule has 0 fully saturated rings. The summed E-state index contributed by atoms with van der Waals surface area (Å²) < 4.78 is 38.2. The second kappa shape index (κ2) is 8.88. The zero-order valence-corrected chi connectivity index (χ0v) is 16.6. The van der Waals surface area contributed by atoms with Crippen molar-refractivity contribution in [3.63, 3.8) is 0 Å². The van der Waals surface area contributed by atoms with E-state index in [9.17, 15) is 13.2 Å². The summed E-state index contributed by atoms with van der Waals surface area (Å²) in [6.45, 7) is 5.51. The highest BCUT2D eigenvalue weighted by molar-refractivity contribution is 7.89. The molecule has 2 N–H and O–H groups in total. The van der Waals surface area contributed by atoms with Crippen LogP contribution in [0.1, 0.15) is 31.1 Å². The first-order valence-corrected chi connectivity index (χ1v) is 9.99. The summed E-state index contributed by atoms with van der Waals surface area (Å²) in [5, 5.41) is 2.73. The minimum Gasteiger partial charge on any atom is -0.497 e. The number of sulfonamides is 1. The van der Waals surface area contributed by atoms with Gasteiger partial charge in [-0.2, -0.15) is 0 Å². The number of benzene rings is 2. The van der Waals surface area contributed by atoms with Crippen molar-refractivity contribution in [1.82, 2.24) is 4.72 Å². The summed E-state index contributed by atoms with van der Waals surface area (Å²) in [5.74, 6) is 0.443. The van der Waals surface area contributed by atoms with Gasteiger partial charge in [0, 0.05) is 17.3 Å². The predicted octanol–water partition coefficient (Wildman–Crippen LogP) is 3.03. The summed E-state index contributed by atoms with van der Waals surface area (Å²) in [5.41, 5.74) is 0.776. The molecule has 0 saturated heterocycles. The van der Waals surface area contributed by atoms with Gasteiger partial charge >= 0.3 is 0 Å². The molecular weight excluding hydrogens is 368 g/mol. The number of carbonyl (C=O) groups excluding carboxylic acids is 1. The Morgan fingerprint density at radius 3 is 2.33 bits per heavy atom. The van der Waals surface area contributed by atoms with Gasteiger partial charge in [0.25, 0.3) is 5.91 Å². The van der Waals surface area contributed by atoms with E-state index in [1.165, 1.54) is 18.2 Å². The maximum absolute atomic E-state index is 12.6. The fourth-order valence-electron chi connectivity index (χ4n) is 2.39. The third-order valence-corrected chi connectivity index (χ3v) is 5.21. The van der Waals surface area contributed by atoms with Crippen molar-refractivity contribution < 1.29 is 22.7 Å². The lowest BCUT2D eigenvalue weighted by Gasteiger charge is -2.15. The van der Waals surface area contributed by atoms with Crippen molar-refractivity contribution in [3.8, 4) is 11.5 Å². The molecule has 2 aromatic rings. The summed E-state index contributed by atoms with van der Waals surface area (Å²) in [6.07, 6.45) is 0. The Kier molecular flexibility index (Phi) is 6.81. The van der Waals surface area contributed by atoms with Crippen LogP contribution in [0.4, 0.5) is 5.69 Å². The zero-order chi connectivity index (χ0) is 20.0. The lowest BCUT2D eigenvalue weighted by atomic mass is 10.2. The molecule has 0 unspecified atom stereocenters. The average molecular weight is 392 g/mol. The minimum atomic E-state index is -3.82. The number of methoxy groups -OCH3 is 1. The molecule has 1 amide bonds. The molecule has 0 aliphatic heterocycles. The van der Waals surface area contributed by atoms with Gasteiger partial charge in [0.05, 0.1) is 13.7 Å². The van der Waals surface area contributed by atoms with Gasteiger partial charge in [-0.25, -0.2) is 13.1 Å². The van der Waals surface area contributed by atoms with E-state index in [2.05, 4.69) is 10.0 Å². The van der Waals surface area contributed by atoms with Gasteiger partial charge in [-0.1, -0.05) is 0 Å². The van der Waals surface area contributed by atoms with Crippen molar-refractivity contribution >= 4 is 21.6 Å². The molecule has 27 heavy (non-hydrogen) atoms. The smallest absolute Gasteiger partial charge is 0.255 e. The summed E-state index contributed by atoms with van der Waals surface area (Å²) in [7, 11) is -2.27. The minimum absolute atomic E-state index is 0.0690. The van der Waals surface area contributed by atoms with Gasteiger partial charge < -0.3 is 14.8 Å². The molecule has 0 spiro atoms. The van der Waals surface area contributed by atoms with Crippen LogP contribution in [0.25, 0.3) is 0 Å². The van der Waals surface area contributed by atoms with Crippen molar-refractivity contribution in [3.05, 3.63) is 48.0 Å². The molecule has 146 valence electrons. The van der Waals surface area contributed by atoms with Crippen molar-refractivity contribution in [2.24, 2.45) is 0 Å². The predicted molar refractivity (Wildman–Crippen MR) is 104 cm³/mol. The molecule has 7 nitrogen and oxygen atoms in total. The normalized spacial score (nSPS) is 11.3. The van der Waals surface area contributed by atoms with Crippen LogP contribution in [0, 0.1) is 0 Å². The second-order valence-corrected chi connectivity index (χ2v) is 7.74. The van der Waals surface area contributed by atoms with Crippen molar-refractivity contribution in [2.75, 3.05) is 19.0 Å². The number of amides is 1. The molecule has 0 heterocycles. The van der Waals surface area contributed by atoms with Gasteiger partial charge in [-0.15, -0.1) is 0 Å². The molecular formula is C19H24N2O5S. The molecule has 8 heteroatoms. The molecule has 2 rings (SSSR count). The quantitative estimate of drug-likeness (QED) is 0.720. The van der Waals surface area contributed by atoms with Crippen molar-refractivity contribution in [1.29, 1.82) is 0 Å². The topological polar surface area (TPSA) is 93.7 Å². The van der Waals surface area contributed by atoms with Gasteiger partial charge in [-0.3, -0.25) is 4.79 Å². The Bertz CT molecular complexity index is 893. The van der Waals surface area contributed by atoms with E-state index in [0.717, 1.165) is 0 Å². The molecule has 0 saturated carbocycles. The van der Waals surface area contributed by atoms with Crippen LogP contribution >= 0.6 is 0 Å². The van der Waals surface area contributed by atoms with E-state index in [4.69, 9.17) is 9.47 Å². The largest absolute Gasteiger partial charge is 0.497 e. The van der Waals surface area contributed by atoms with Crippen LogP contribution in [-0.4, -0.2) is 34.1 Å². The molecule has 0 aliphatic carbocycles. The highest BCUT2D eigenvalue weighted by Gasteiger charge is 2.22. The van der Waals surface area contributed by atoms with Gasteiger partial charge in [-0.05, 0) is 63.2 Å². The second-order valence-electron chi connectivity index (χ2n) is 6.05. The van der Waals surface area contributed by atoms with Crippen LogP contribution < -0.4 is 19.5 Å². The SMILES string of the molecule is CCOc1ccc(C(=O)Nc2ccc(OC)cc2)cc1S(=O)(=O)NC(C)C. The van der Waals surface area contributed by atoms with Crippen LogP contribution in [0.5, 0.6) is 11.5 Å². The number of nitrogens with one attached hydrogen (secondary N) is 2. The first kappa shape index (κ1) is 20.7. The van der Waals surface area contributed by atoms with Crippen LogP contribution in [-0.2, 0) is 10.0 Å². The summed E-state index contributed by atoms with van der Waals surface area (Å²) >= 11 is 0. The first-order valence-electron chi connectivity index (χ1n) is 8.51. The fraction of sp³-hybridized carbons (Fsp3) is 0.316. The average Bonchev–Trinajstić information content (AvgIpc) is 2.61. The third kappa shape index (κ3) is 5.45. The monoisotopic (exact) mass is 392 g/mol. The number of hydrogen-bond donors (Lipinski definition) is 2. The Morgan fingerprint density at radius 2 is 1.78 bits per heavy atom. The van der Waals surface area contributed by atoms with E-state index >= 15 is 0 Å². The standard InChI is InChI=1S/C19H24N2O5S/c1-5-26-17-11-6-14(12-18(17)27(23,24)21-13(2)3)19(22)20-15-7-9-16(25-4)10-8-15/h6-13,21H,5H2,1-4H3,(H,20,22). The number of ether oxygens (including phenoxy) is 2. The van der Waals surface area contributed by atoms with Gasteiger partial charge in [0.15, 0.2) is 0 Å². The van der Waals surface area contributed by atoms with E-state index in [-0.39, 0.29) is 22.3 Å². The zero-order valence-electron chi connectivity index (χ0n) is 15.8. The van der Waals surface area contributed by atoms with E-state index in [0.29, 0.717) is 18.0 Å². The molecule has 0 radical (unpaired) electrons. The van der Waals surface area contributed by atoms with Crippen LogP contribution in [0.3, 0.4) is 0 Å². The maximum Gasteiger partial charge on any atom is 0.255 e. The Hall–Kier alpha value is -2.58. The Balaban J connectivity index is 2.33. The maximum atomic E-state index is 12.6. The molecule has 2 aromatic carbocycles. The highest BCUT2D eigenvalue weighted by Crippen LogP contribution is 2.26. The molecule has 0 aromatic heterocycles. The number of carbonyl (C=O) groups is 1. The first-order chi connectivity index (χ1) is 12.8. The summed E-state index contributed by atoms with van der Waals surface area (Å²) in [4.78, 5) is 12.5. The molecule has 0 bridgehead atoms. The van der Waals surface area contributed by atoms with E-state index in [1.54, 1.807) is 52.1 Å².